The van der Waals surface area contributed by atoms with Crippen LogP contribution in [0.1, 0.15) is 35.8 Å². The molecule has 0 saturated carbocycles. The second-order valence-electron chi connectivity index (χ2n) is 8.66. The summed E-state index contributed by atoms with van der Waals surface area (Å²) in [6.45, 7) is 7.92. The number of nitrogens with one attached hydrogen (secondary N) is 2. The number of rotatable bonds is 5. The van der Waals surface area contributed by atoms with Gasteiger partial charge in [-0.3, -0.25) is 4.79 Å². The van der Waals surface area contributed by atoms with Crippen LogP contribution in [0.4, 0.5) is 16.0 Å². The number of anilines is 2. The first-order valence-electron chi connectivity index (χ1n) is 11.5. The molecular formula is C23H28FN7O3. The van der Waals surface area contributed by atoms with Crippen molar-refractivity contribution < 1.29 is 18.7 Å². The van der Waals surface area contributed by atoms with Crippen molar-refractivity contribution in [3.05, 3.63) is 41.7 Å². The molecule has 34 heavy (non-hydrogen) atoms. The van der Waals surface area contributed by atoms with E-state index in [0.717, 1.165) is 45.6 Å². The smallest absolute Gasteiger partial charge is 0.262 e. The Bertz CT molecular complexity index is 1200. The summed E-state index contributed by atoms with van der Waals surface area (Å²) in [5, 5.41) is 6.12. The van der Waals surface area contributed by atoms with E-state index in [-0.39, 0.29) is 22.7 Å². The van der Waals surface area contributed by atoms with Crippen molar-refractivity contribution >= 4 is 23.2 Å². The number of carbonyl (C=O) groups excluding carboxylic acids is 1. The molecule has 2 fully saturated rings. The van der Waals surface area contributed by atoms with Crippen molar-refractivity contribution in [2.45, 2.75) is 32.3 Å². The van der Waals surface area contributed by atoms with Gasteiger partial charge >= 0.3 is 0 Å². The fourth-order valence-corrected chi connectivity index (χ4v) is 4.50. The van der Waals surface area contributed by atoms with Crippen LogP contribution in [-0.4, -0.2) is 70.3 Å². The van der Waals surface area contributed by atoms with Crippen LogP contribution in [0.5, 0.6) is 5.88 Å². The molecule has 3 aromatic heterocycles. The van der Waals surface area contributed by atoms with Crippen molar-refractivity contribution in [1.29, 1.82) is 0 Å². The predicted octanol–water partition coefficient (Wildman–Crippen LogP) is 2.18. The summed E-state index contributed by atoms with van der Waals surface area (Å²) in [4.78, 5) is 28.2. The second kappa shape index (κ2) is 9.15. The normalized spacial score (nSPS) is 17.8. The third-order valence-electron chi connectivity index (χ3n) is 6.24. The maximum atomic E-state index is 14.4. The number of amides is 1. The van der Waals surface area contributed by atoms with Gasteiger partial charge in [0.1, 0.15) is 5.56 Å². The van der Waals surface area contributed by atoms with Gasteiger partial charge in [-0.2, -0.15) is 4.98 Å². The Morgan fingerprint density at radius 1 is 1.32 bits per heavy atom. The molecule has 0 aliphatic carbocycles. The Morgan fingerprint density at radius 2 is 2.15 bits per heavy atom. The minimum absolute atomic E-state index is 0.124. The van der Waals surface area contributed by atoms with E-state index in [1.807, 2.05) is 6.92 Å². The number of carbonyl (C=O) groups is 1. The lowest BCUT2D eigenvalue weighted by molar-refractivity contribution is -0.0801. The molecule has 1 amide bonds. The molecule has 0 aromatic carbocycles. The number of aromatic nitrogens is 4. The first-order valence-corrected chi connectivity index (χ1v) is 11.5. The van der Waals surface area contributed by atoms with Gasteiger partial charge in [-0.05, 0) is 26.7 Å². The molecule has 0 unspecified atom stereocenters. The summed E-state index contributed by atoms with van der Waals surface area (Å²) >= 11 is 0. The summed E-state index contributed by atoms with van der Waals surface area (Å²) in [6, 6.07) is 1.24. The minimum Gasteiger partial charge on any atom is -0.477 e. The van der Waals surface area contributed by atoms with Gasteiger partial charge in [0.05, 0.1) is 30.2 Å². The molecule has 2 saturated heterocycles. The van der Waals surface area contributed by atoms with Crippen LogP contribution in [0.15, 0.2) is 24.7 Å². The van der Waals surface area contributed by atoms with E-state index >= 15 is 0 Å². The number of hydrogen-bond acceptors (Lipinski definition) is 8. The number of pyridine rings is 1. The molecule has 0 radical (unpaired) electrons. The lowest BCUT2D eigenvalue weighted by Crippen LogP contribution is -2.55. The average Bonchev–Trinajstić information content (AvgIpc) is 3.21. The molecule has 3 aromatic rings. The molecule has 11 heteroatoms. The van der Waals surface area contributed by atoms with Gasteiger partial charge in [0, 0.05) is 50.8 Å². The number of nitrogens with zero attached hydrogens (tertiary/aromatic N) is 5. The number of imidazole rings is 1. The maximum Gasteiger partial charge on any atom is 0.262 e. The molecule has 2 aliphatic rings. The summed E-state index contributed by atoms with van der Waals surface area (Å²) in [5.41, 5.74) is 1.24. The largest absolute Gasteiger partial charge is 0.477 e. The molecular weight excluding hydrogens is 441 g/mol. The Kier molecular flexibility index (Phi) is 6.05. The first kappa shape index (κ1) is 22.5. The highest BCUT2D eigenvalue weighted by Crippen LogP contribution is 2.30. The van der Waals surface area contributed by atoms with Crippen LogP contribution in [0, 0.1) is 12.7 Å². The fourth-order valence-electron chi connectivity index (χ4n) is 4.50. The van der Waals surface area contributed by atoms with Crippen LogP contribution >= 0.6 is 0 Å². The highest BCUT2D eigenvalue weighted by Gasteiger charge is 2.37. The number of morpholine rings is 1. The van der Waals surface area contributed by atoms with Gasteiger partial charge in [-0.1, -0.05) is 0 Å². The third-order valence-corrected chi connectivity index (χ3v) is 6.24. The number of halogens is 1. The highest BCUT2D eigenvalue weighted by atomic mass is 19.1. The van der Waals surface area contributed by atoms with Crippen molar-refractivity contribution in [3.63, 3.8) is 0 Å². The molecule has 0 bridgehead atoms. The molecule has 2 aliphatic heterocycles. The van der Waals surface area contributed by atoms with E-state index in [4.69, 9.17) is 9.47 Å². The quantitative estimate of drug-likeness (QED) is 0.586. The Balaban J connectivity index is 1.33. The number of fused-ring (bicyclic) bond motifs is 1. The van der Waals surface area contributed by atoms with Crippen LogP contribution in [0.25, 0.3) is 5.65 Å². The van der Waals surface area contributed by atoms with E-state index in [2.05, 4.69) is 30.5 Å². The molecule has 180 valence electrons. The molecule has 10 nitrogen and oxygen atoms in total. The standard InChI is InChI=1S/C23H28FN7O3/c1-3-33-21-17(20(32)28-16-10-18(24)19-27-15(2)12-31(19)13-16)11-26-22(29-21)30-7-4-23(5-8-30)14-25-6-9-34-23/h10-13,25H,3-9,14H2,1-2H3,(H,28,32). The Morgan fingerprint density at radius 3 is 2.88 bits per heavy atom. The zero-order chi connectivity index (χ0) is 23.7. The Labute approximate surface area is 196 Å². The SMILES string of the molecule is CCOc1nc(N2CCC3(CC2)CNCCO3)ncc1C(=O)Nc1cc(F)c2nc(C)cn2c1. The van der Waals surface area contributed by atoms with Gasteiger partial charge in [0.2, 0.25) is 11.8 Å². The second-order valence-corrected chi connectivity index (χ2v) is 8.66. The van der Waals surface area contributed by atoms with Crippen LogP contribution < -0.4 is 20.3 Å². The van der Waals surface area contributed by atoms with Gasteiger partial charge in [0.15, 0.2) is 11.5 Å². The van der Waals surface area contributed by atoms with E-state index in [1.165, 1.54) is 16.7 Å². The zero-order valence-electron chi connectivity index (χ0n) is 19.3. The minimum atomic E-state index is -0.525. The summed E-state index contributed by atoms with van der Waals surface area (Å²) in [6.07, 6.45) is 6.50. The lowest BCUT2D eigenvalue weighted by Gasteiger charge is -2.44. The van der Waals surface area contributed by atoms with Gasteiger partial charge in [0.25, 0.3) is 5.91 Å². The van der Waals surface area contributed by atoms with Gasteiger partial charge < -0.3 is 29.4 Å². The number of aryl methyl sites for hydroxylation is 1. The van der Waals surface area contributed by atoms with Crippen LogP contribution in [0.2, 0.25) is 0 Å². The molecule has 5 rings (SSSR count). The number of piperidine rings is 1. The molecule has 0 atom stereocenters. The van der Waals surface area contributed by atoms with Crippen molar-refractivity contribution in [2.24, 2.45) is 0 Å². The van der Waals surface area contributed by atoms with Crippen LogP contribution in [-0.2, 0) is 4.74 Å². The highest BCUT2D eigenvalue weighted by molar-refractivity contribution is 6.05. The molecule has 2 N–H and O–H groups in total. The van der Waals surface area contributed by atoms with E-state index in [1.54, 1.807) is 19.3 Å². The Hall–Kier alpha value is -3.31. The van der Waals surface area contributed by atoms with Crippen molar-refractivity contribution in [1.82, 2.24) is 24.7 Å². The zero-order valence-corrected chi connectivity index (χ0v) is 19.3. The topological polar surface area (TPSA) is 106 Å². The first-order chi connectivity index (χ1) is 16.5. The average molecular weight is 470 g/mol. The maximum absolute atomic E-state index is 14.4. The lowest BCUT2D eigenvalue weighted by atomic mass is 9.90. The van der Waals surface area contributed by atoms with E-state index in [9.17, 15) is 9.18 Å². The van der Waals surface area contributed by atoms with Gasteiger partial charge in [-0.25, -0.2) is 14.4 Å². The summed E-state index contributed by atoms with van der Waals surface area (Å²) < 4.78 is 27.7. The molecule has 1 spiro atoms. The van der Waals surface area contributed by atoms with E-state index < -0.39 is 11.7 Å². The fraction of sp³-hybridized carbons (Fsp3) is 0.478. The van der Waals surface area contributed by atoms with Crippen molar-refractivity contribution in [3.8, 4) is 5.88 Å². The number of hydrogen-bond donors (Lipinski definition) is 2. The number of ether oxygens (including phenoxy) is 2. The third kappa shape index (κ3) is 4.40. The van der Waals surface area contributed by atoms with E-state index in [0.29, 0.717) is 23.9 Å². The van der Waals surface area contributed by atoms with Crippen LogP contribution in [0.3, 0.4) is 0 Å². The van der Waals surface area contributed by atoms with Crippen molar-refractivity contribution in [2.75, 3.05) is 49.6 Å². The molecule has 5 heterocycles. The summed E-state index contributed by atoms with van der Waals surface area (Å²) in [5.74, 6) is -0.298. The monoisotopic (exact) mass is 469 g/mol. The van der Waals surface area contributed by atoms with Gasteiger partial charge in [-0.15, -0.1) is 0 Å². The predicted molar refractivity (Wildman–Crippen MR) is 124 cm³/mol. The summed E-state index contributed by atoms with van der Waals surface area (Å²) in [7, 11) is 0.